The molecule has 0 saturated heterocycles. The number of halogens is 3. The molecule has 0 radical (unpaired) electrons. The topological polar surface area (TPSA) is 150 Å². The van der Waals surface area contributed by atoms with Crippen molar-refractivity contribution in [2.75, 3.05) is 21.3 Å². The smallest absolute Gasteiger partial charge is 0.353 e. The van der Waals surface area contributed by atoms with Gasteiger partial charge in [0.15, 0.2) is 0 Å². The van der Waals surface area contributed by atoms with Gasteiger partial charge in [0.25, 0.3) is 18.1 Å². The predicted molar refractivity (Wildman–Crippen MR) is 192 cm³/mol. The average molecular weight is 800 g/mol. The van der Waals surface area contributed by atoms with Gasteiger partial charge in [-0.25, -0.2) is 16.8 Å². The first-order valence-electron chi connectivity index (χ1n) is 15.6. The molecule has 0 spiro atoms. The van der Waals surface area contributed by atoms with Gasteiger partial charge in [0.1, 0.15) is 27.0 Å². The molecular formula is C33H41Cl3O10S3. The lowest BCUT2D eigenvalue weighted by Crippen LogP contribution is -2.09. The van der Waals surface area contributed by atoms with E-state index in [4.69, 9.17) is 48.5 Å². The van der Waals surface area contributed by atoms with Gasteiger partial charge in [-0.3, -0.25) is 4.55 Å². The third kappa shape index (κ3) is 12.8. The number of ether oxygens (including phenoxy) is 3. The molecule has 1 N–H and O–H groups in total. The molecule has 0 fully saturated rings. The molecule has 3 aromatic rings. The van der Waals surface area contributed by atoms with Crippen molar-refractivity contribution >= 4 is 59.5 Å². The van der Waals surface area contributed by atoms with Crippen LogP contribution in [0, 0.1) is 0 Å². The van der Waals surface area contributed by atoms with Crippen LogP contribution in [0.25, 0.3) is 0 Å². The molecule has 272 valence electrons. The number of hydrogen-bond donors (Lipinski definition) is 1. The van der Waals surface area contributed by atoms with Crippen molar-refractivity contribution in [3.8, 4) is 17.2 Å². The normalized spacial score (nSPS) is 15.2. The Kier molecular flexibility index (Phi) is 15.4. The number of rotatable bonds is 5. The van der Waals surface area contributed by atoms with Crippen LogP contribution in [0.2, 0.25) is 0 Å². The average Bonchev–Trinajstić information content (AvgIpc) is 3.05. The molecule has 0 unspecified atom stereocenters. The molecule has 0 bridgehead atoms. The quantitative estimate of drug-likeness (QED) is 0.202. The third-order valence-corrected chi connectivity index (χ3v) is 11.1. The van der Waals surface area contributed by atoms with E-state index < -0.39 is 27.4 Å². The molecule has 49 heavy (non-hydrogen) atoms. The van der Waals surface area contributed by atoms with E-state index in [0.717, 1.165) is 73.8 Å². The van der Waals surface area contributed by atoms with Crippen molar-refractivity contribution in [3.63, 3.8) is 0 Å². The molecule has 3 aliphatic carbocycles. The van der Waals surface area contributed by atoms with E-state index in [-0.39, 0.29) is 9.79 Å². The SMILES string of the molecule is COc1cc2c(cc1S(=O)(=O)Cl)CCCC2.COc1ccc2c(c1)CCCC2.COc1ccc2c(c1S(=O)(=O)Cl)CCCC2.O=S(=O)(O)Cl. The Hall–Kier alpha value is -2.26. The minimum atomic E-state index is -4.19. The summed E-state index contributed by atoms with van der Waals surface area (Å²) in [5.41, 5.74) is 7.16. The maximum atomic E-state index is 11.6. The number of hydrogen-bond acceptors (Lipinski definition) is 9. The second-order valence-electron chi connectivity index (χ2n) is 11.6. The summed E-state index contributed by atoms with van der Waals surface area (Å²) in [6.07, 6.45) is 13.1. The van der Waals surface area contributed by atoms with Crippen LogP contribution in [0.5, 0.6) is 17.2 Å². The van der Waals surface area contributed by atoms with Crippen LogP contribution in [0.15, 0.2) is 52.3 Å². The maximum Gasteiger partial charge on any atom is 0.353 e. The minimum Gasteiger partial charge on any atom is -0.497 e. The Bertz CT molecular complexity index is 1920. The lowest BCUT2D eigenvalue weighted by molar-refractivity contribution is 0.400. The second-order valence-corrected chi connectivity index (χ2v) is 18.6. The van der Waals surface area contributed by atoms with Crippen molar-refractivity contribution in [1.29, 1.82) is 0 Å². The maximum absolute atomic E-state index is 11.6. The Morgan fingerprint density at radius 3 is 1.47 bits per heavy atom. The Morgan fingerprint density at radius 1 is 0.531 bits per heavy atom. The van der Waals surface area contributed by atoms with Crippen molar-refractivity contribution < 1.29 is 44.0 Å². The molecule has 0 amide bonds. The monoisotopic (exact) mass is 798 g/mol. The molecule has 0 heterocycles. The zero-order chi connectivity index (χ0) is 36.4. The van der Waals surface area contributed by atoms with Crippen LogP contribution >= 0.6 is 32.0 Å². The molecule has 16 heteroatoms. The highest BCUT2D eigenvalue weighted by molar-refractivity contribution is 8.14. The van der Waals surface area contributed by atoms with Crippen LogP contribution in [0.1, 0.15) is 71.9 Å². The van der Waals surface area contributed by atoms with E-state index in [1.165, 1.54) is 56.6 Å². The number of fused-ring (bicyclic) bond motifs is 3. The van der Waals surface area contributed by atoms with Crippen molar-refractivity contribution in [3.05, 3.63) is 75.8 Å². The van der Waals surface area contributed by atoms with Crippen LogP contribution in [0.3, 0.4) is 0 Å². The van der Waals surface area contributed by atoms with E-state index in [1.807, 2.05) is 6.07 Å². The summed E-state index contributed by atoms with van der Waals surface area (Å²) in [6.45, 7) is 0. The largest absolute Gasteiger partial charge is 0.497 e. The Balaban J connectivity index is 0.000000188. The lowest BCUT2D eigenvalue weighted by Gasteiger charge is -2.19. The van der Waals surface area contributed by atoms with Crippen LogP contribution in [-0.4, -0.2) is 51.1 Å². The zero-order valence-corrected chi connectivity index (χ0v) is 32.2. The summed E-state index contributed by atoms with van der Waals surface area (Å²) in [5, 5.41) is 0. The summed E-state index contributed by atoms with van der Waals surface area (Å²) in [5.74, 6) is 1.68. The highest BCUT2D eigenvalue weighted by Crippen LogP contribution is 2.36. The van der Waals surface area contributed by atoms with Crippen molar-refractivity contribution in [1.82, 2.24) is 0 Å². The summed E-state index contributed by atoms with van der Waals surface area (Å²) >= 11 is 0. The second kappa shape index (κ2) is 18.3. The summed E-state index contributed by atoms with van der Waals surface area (Å²) in [6, 6.07) is 13.5. The molecule has 10 nitrogen and oxygen atoms in total. The molecule has 0 aliphatic heterocycles. The van der Waals surface area contributed by atoms with Gasteiger partial charge < -0.3 is 14.2 Å². The number of aryl methyl sites for hydroxylation is 5. The summed E-state index contributed by atoms with van der Waals surface area (Å²) < 4.78 is 86.4. The molecule has 0 aromatic heterocycles. The van der Waals surface area contributed by atoms with E-state index >= 15 is 0 Å². The highest BCUT2D eigenvalue weighted by atomic mass is 35.7. The van der Waals surface area contributed by atoms with Gasteiger partial charge in [0.2, 0.25) is 0 Å². The van der Waals surface area contributed by atoms with Crippen molar-refractivity contribution in [2.24, 2.45) is 0 Å². The molecule has 0 saturated carbocycles. The van der Waals surface area contributed by atoms with Crippen molar-refractivity contribution in [2.45, 2.75) is 86.8 Å². The van der Waals surface area contributed by atoms with E-state index in [1.54, 1.807) is 25.3 Å². The van der Waals surface area contributed by atoms with E-state index in [0.29, 0.717) is 11.5 Å². The molecule has 3 aliphatic rings. The molecular weight excluding hydrogens is 759 g/mol. The zero-order valence-electron chi connectivity index (χ0n) is 27.5. The predicted octanol–water partition coefficient (Wildman–Crippen LogP) is 7.61. The molecule has 0 atom stereocenters. The summed E-state index contributed by atoms with van der Waals surface area (Å²) in [4.78, 5) is 0.242. The van der Waals surface area contributed by atoms with Crippen LogP contribution in [0.4, 0.5) is 0 Å². The first kappa shape index (κ1) is 41.2. The lowest BCUT2D eigenvalue weighted by atomic mass is 9.91. The fraction of sp³-hybridized carbons (Fsp3) is 0.455. The van der Waals surface area contributed by atoms with Gasteiger partial charge >= 0.3 is 9.33 Å². The fourth-order valence-electron chi connectivity index (χ4n) is 6.13. The molecule has 3 aromatic carbocycles. The van der Waals surface area contributed by atoms with Gasteiger partial charge in [0.05, 0.1) is 21.3 Å². The summed E-state index contributed by atoms with van der Waals surface area (Å²) in [7, 11) is 7.88. The first-order valence-corrected chi connectivity index (χ1v) is 22.5. The van der Waals surface area contributed by atoms with Crippen LogP contribution in [-0.2, 0) is 66.0 Å². The van der Waals surface area contributed by atoms with Gasteiger partial charge in [0, 0.05) is 32.0 Å². The van der Waals surface area contributed by atoms with Gasteiger partial charge in [-0.15, -0.1) is 0 Å². The Labute approximate surface area is 303 Å². The van der Waals surface area contributed by atoms with Crippen LogP contribution < -0.4 is 14.2 Å². The number of methoxy groups -OCH3 is 3. The Morgan fingerprint density at radius 2 is 0.980 bits per heavy atom. The third-order valence-electron chi connectivity index (χ3n) is 8.35. The minimum absolute atomic E-state index is 0.0808. The van der Waals surface area contributed by atoms with Gasteiger partial charge in [-0.1, -0.05) is 12.1 Å². The highest BCUT2D eigenvalue weighted by Gasteiger charge is 2.25. The standard InChI is InChI=1S/2C11H13ClO3S.C11H14O.ClHO3S/c1-15-10-6-8-4-2-3-5-9(8)7-11(10)16(12,13)14;1-15-10-7-6-8-4-2-3-5-9(8)11(10)16(12,13)14;1-12-11-7-6-9-4-2-3-5-10(9)8-11;1-5(2,3)4/h2*6-7H,2-5H2,1H3;6-8H,2-5H2,1H3;(H,2,3,4). The number of benzene rings is 3. The molecule has 6 rings (SSSR count). The van der Waals surface area contributed by atoms with E-state index in [9.17, 15) is 16.8 Å². The first-order chi connectivity index (χ1) is 23.0. The fourth-order valence-corrected chi connectivity index (χ4v) is 8.58. The van der Waals surface area contributed by atoms with Gasteiger partial charge in [-0.05, 0) is 141 Å². The van der Waals surface area contributed by atoms with Gasteiger partial charge in [-0.2, -0.15) is 8.42 Å². The van der Waals surface area contributed by atoms with E-state index in [2.05, 4.69) is 28.9 Å².